The van der Waals surface area contributed by atoms with Crippen molar-refractivity contribution in [2.75, 3.05) is 25.0 Å². The van der Waals surface area contributed by atoms with Crippen molar-refractivity contribution >= 4 is 5.82 Å². The van der Waals surface area contributed by atoms with Gasteiger partial charge in [-0.05, 0) is 46.8 Å². The molecule has 1 heterocycles. The Bertz CT molecular complexity index is 358. The second-order valence-corrected chi connectivity index (χ2v) is 5.14. The van der Waals surface area contributed by atoms with Crippen LogP contribution in [0.1, 0.15) is 34.6 Å². The molecule has 0 saturated carbocycles. The van der Waals surface area contributed by atoms with Gasteiger partial charge in [0.1, 0.15) is 0 Å². The van der Waals surface area contributed by atoms with E-state index in [-0.39, 0.29) is 0 Å². The second kappa shape index (κ2) is 8.00. The molecule has 0 radical (unpaired) electrons. The number of rotatable bonds is 8. The summed E-state index contributed by atoms with van der Waals surface area (Å²) in [5.41, 5.74) is 0. The van der Waals surface area contributed by atoms with Gasteiger partial charge >= 0.3 is 0 Å². The van der Waals surface area contributed by atoms with Gasteiger partial charge < -0.3 is 10.1 Å². The van der Waals surface area contributed by atoms with Crippen molar-refractivity contribution in [1.29, 1.82) is 0 Å². The van der Waals surface area contributed by atoms with Crippen molar-refractivity contribution in [1.82, 2.24) is 9.88 Å². The van der Waals surface area contributed by atoms with Gasteiger partial charge in [0.05, 0.1) is 6.61 Å². The lowest BCUT2D eigenvalue weighted by Gasteiger charge is -2.30. The molecule has 4 nitrogen and oxygen atoms in total. The maximum Gasteiger partial charge on any atom is 0.168 e. The van der Waals surface area contributed by atoms with Gasteiger partial charge in [0.15, 0.2) is 11.6 Å². The number of nitrogens with one attached hydrogen (secondary N) is 1. The van der Waals surface area contributed by atoms with E-state index in [1.807, 2.05) is 19.1 Å². The fourth-order valence-electron chi connectivity index (χ4n) is 2.21. The standard InChI is InChI=1S/C15H27N3O/c1-6-19-14-8-7-9-16-15(14)17-10-11-18(12(2)3)13(4)5/h7-9,12-13H,6,10-11H2,1-5H3,(H,16,17). The molecule has 0 aliphatic carbocycles. The number of hydrogen-bond acceptors (Lipinski definition) is 4. The molecule has 0 spiro atoms. The molecular formula is C15H27N3O. The summed E-state index contributed by atoms with van der Waals surface area (Å²) < 4.78 is 5.55. The van der Waals surface area contributed by atoms with Crippen molar-refractivity contribution in [3.63, 3.8) is 0 Å². The number of aromatic nitrogens is 1. The van der Waals surface area contributed by atoms with Crippen LogP contribution in [0, 0.1) is 0 Å². The van der Waals surface area contributed by atoms with E-state index in [9.17, 15) is 0 Å². The van der Waals surface area contributed by atoms with Crippen LogP contribution < -0.4 is 10.1 Å². The van der Waals surface area contributed by atoms with Gasteiger partial charge in [0.2, 0.25) is 0 Å². The van der Waals surface area contributed by atoms with Crippen LogP contribution in [0.2, 0.25) is 0 Å². The number of pyridine rings is 1. The molecule has 0 saturated heterocycles. The Hall–Kier alpha value is -1.29. The molecule has 4 heteroatoms. The van der Waals surface area contributed by atoms with Crippen molar-refractivity contribution in [3.05, 3.63) is 18.3 Å². The first kappa shape index (κ1) is 15.8. The summed E-state index contributed by atoms with van der Waals surface area (Å²) in [5.74, 6) is 1.66. The van der Waals surface area contributed by atoms with Gasteiger partial charge in [0.25, 0.3) is 0 Å². The van der Waals surface area contributed by atoms with Crippen LogP contribution in [0.15, 0.2) is 18.3 Å². The first-order valence-corrected chi connectivity index (χ1v) is 7.13. The molecule has 0 atom stereocenters. The molecule has 108 valence electrons. The van der Waals surface area contributed by atoms with E-state index in [0.29, 0.717) is 18.7 Å². The highest BCUT2D eigenvalue weighted by Gasteiger charge is 2.13. The zero-order valence-electron chi connectivity index (χ0n) is 12.8. The van der Waals surface area contributed by atoms with E-state index in [0.717, 1.165) is 24.7 Å². The van der Waals surface area contributed by atoms with E-state index in [2.05, 4.69) is 42.9 Å². The summed E-state index contributed by atoms with van der Waals surface area (Å²) in [5, 5.41) is 3.36. The summed E-state index contributed by atoms with van der Waals surface area (Å²) in [4.78, 5) is 6.78. The van der Waals surface area contributed by atoms with E-state index >= 15 is 0 Å². The lowest BCUT2D eigenvalue weighted by atomic mass is 10.2. The lowest BCUT2D eigenvalue weighted by molar-refractivity contribution is 0.182. The van der Waals surface area contributed by atoms with Crippen LogP contribution in [0.5, 0.6) is 5.75 Å². The maximum atomic E-state index is 5.55. The van der Waals surface area contributed by atoms with Gasteiger partial charge in [-0.15, -0.1) is 0 Å². The third-order valence-corrected chi connectivity index (χ3v) is 3.06. The predicted octanol–water partition coefficient (Wildman–Crippen LogP) is 3.01. The normalized spacial score (nSPS) is 11.4. The van der Waals surface area contributed by atoms with Gasteiger partial charge in [-0.2, -0.15) is 0 Å². The first-order valence-electron chi connectivity index (χ1n) is 7.13. The molecular weight excluding hydrogens is 238 g/mol. The average molecular weight is 265 g/mol. The van der Waals surface area contributed by atoms with Crippen LogP contribution in [0.4, 0.5) is 5.82 Å². The Morgan fingerprint density at radius 1 is 1.26 bits per heavy atom. The lowest BCUT2D eigenvalue weighted by Crippen LogP contribution is -2.40. The smallest absolute Gasteiger partial charge is 0.168 e. The van der Waals surface area contributed by atoms with Gasteiger partial charge in [-0.1, -0.05) is 0 Å². The molecule has 0 unspecified atom stereocenters. The highest BCUT2D eigenvalue weighted by molar-refractivity contribution is 5.49. The minimum Gasteiger partial charge on any atom is -0.490 e. The SMILES string of the molecule is CCOc1cccnc1NCCN(C(C)C)C(C)C. The Kier molecular flexibility index (Phi) is 6.64. The van der Waals surface area contributed by atoms with Crippen LogP contribution in [-0.2, 0) is 0 Å². The molecule has 1 rings (SSSR count). The van der Waals surface area contributed by atoms with Crippen molar-refractivity contribution in [2.45, 2.75) is 46.7 Å². The number of hydrogen-bond donors (Lipinski definition) is 1. The summed E-state index contributed by atoms with van der Waals surface area (Å²) in [6.45, 7) is 13.4. The van der Waals surface area contributed by atoms with Crippen LogP contribution >= 0.6 is 0 Å². The fourth-order valence-corrected chi connectivity index (χ4v) is 2.21. The van der Waals surface area contributed by atoms with Gasteiger partial charge in [-0.25, -0.2) is 4.98 Å². The molecule has 0 bridgehead atoms. The molecule has 19 heavy (non-hydrogen) atoms. The largest absolute Gasteiger partial charge is 0.490 e. The number of anilines is 1. The molecule has 0 aliphatic rings. The van der Waals surface area contributed by atoms with Crippen molar-refractivity contribution in [3.8, 4) is 5.75 Å². The minimum absolute atomic E-state index is 0.553. The Morgan fingerprint density at radius 2 is 1.95 bits per heavy atom. The van der Waals surface area contributed by atoms with Crippen LogP contribution in [0.25, 0.3) is 0 Å². The molecule has 1 N–H and O–H groups in total. The molecule has 0 amide bonds. The molecule has 0 fully saturated rings. The topological polar surface area (TPSA) is 37.4 Å². The first-order chi connectivity index (χ1) is 9.06. The zero-order valence-corrected chi connectivity index (χ0v) is 12.8. The minimum atomic E-state index is 0.553. The highest BCUT2D eigenvalue weighted by Crippen LogP contribution is 2.20. The van der Waals surface area contributed by atoms with Gasteiger partial charge in [0, 0.05) is 31.4 Å². The van der Waals surface area contributed by atoms with E-state index < -0.39 is 0 Å². The summed E-state index contributed by atoms with van der Waals surface area (Å²) >= 11 is 0. The van der Waals surface area contributed by atoms with Crippen LogP contribution in [0.3, 0.4) is 0 Å². The van der Waals surface area contributed by atoms with Crippen molar-refractivity contribution in [2.24, 2.45) is 0 Å². The second-order valence-electron chi connectivity index (χ2n) is 5.14. The average Bonchev–Trinajstić information content (AvgIpc) is 2.35. The summed E-state index contributed by atoms with van der Waals surface area (Å²) in [6, 6.07) is 4.94. The molecule has 1 aromatic rings. The third kappa shape index (κ3) is 5.07. The molecule has 0 aliphatic heterocycles. The Morgan fingerprint density at radius 3 is 2.53 bits per heavy atom. The zero-order chi connectivity index (χ0) is 14.3. The Balaban J connectivity index is 2.52. The summed E-state index contributed by atoms with van der Waals surface area (Å²) in [6.07, 6.45) is 1.79. The maximum absolute atomic E-state index is 5.55. The number of ether oxygens (including phenoxy) is 1. The summed E-state index contributed by atoms with van der Waals surface area (Å²) in [7, 11) is 0. The molecule has 1 aromatic heterocycles. The predicted molar refractivity (Wildman–Crippen MR) is 80.9 cm³/mol. The van der Waals surface area contributed by atoms with Crippen molar-refractivity contribution < 1.29 is 4.74 Å². The highest BCUT2D eigenvalue weighted by atomic mass is 16.5. The van der Waals surface area contributed by atoms with Crippen LogP contribution in [-0.4, -0.2) is 41.7 Å². The molecule has 0 aromatic carbocycles. The van der Waals surface area contributed by atoms with E-state index in [4.69, 9.17) is 4.74 Å². The Labute approximate surface area is 117 Å². The number of nitrogens with zero attached hydrogens (tertiary/aromatic N) is 2. The fraction of sp³-hybridized carbons (Fsp3) is 0.667. The third-order valence-electron chi connectivity index (χ3n) is 3.06. The quantitative estimate of drug-likeness (QED) is 0.784. The van der Waals surface area contributed by atoms with Gasteiger partial charge in [-0.3, -0.25) is 4.90 Å². The van der Waals surface area contributed by atoms with E-state index in [1.54, 1.807) is 6.20 Å². The van der Waals surface area contributed by atoms with E-state index in [1.165, 1.54) is 0 Å². The monoisotopic (exact) mass is 265 g/mol.